The number of rotatable bonds is 4. The Bertz CT molecular complexity index is 459. The highest BCUT2D eigenvalue weighted by Gasteiger charge is 2.26. The van der Waals surface area contributed by atoms with E-state index >= 15 is 0 Å². The number of carbonyl (C=O) groups excluding carboxylic acids is 1. The van der Waals surface area contributed by atoms with Crippen molar-refractivity contribution in [3.8, 4) is 5.75 Å². The zero-order valence-electron chi connectivity index (χ0n) is 11.4. The first kappa shape index (κ1) is 13.9. The summed E-state index contributed by atoms with van der Waals surface area (Å²) in [6, 6.07) is 4.81. The Morgan fingerprint density at radius 2 is 2.16 bits per heavy atom. The second-order valence-electron chi connectivity index (χ2n) is 5.40. The first-order valence-electron chi connectivity index (χ1n) is 6.89. The van der Waals surface area contributed by atoms with Gasteiger partial charge in [0, 0.05) is 12.1 Å². The van der Waals surface area contributed by atoms with Crippen molar-refractivity contribution in [3.63, 3.8) is 0 Å². The molecule has 2 atom stereocenters. The molecule has 1 saturated carbocycles. The lowest BCUT2D eigenvalue weighted by Crippen LogP contribution is -2.33. The van der Waals surface area contributed by atoms with Gasteiger partial charge in [0.25, 0.3) is 5.91 Å². The number of benzene rings is 1. The molecule has 2 unspecified atom stereocenters. The Balaban J connectivity index is 1.94. The molecule has 0 spiro atoms. The SMILES string of the molecule is Cc1cc(O)ccc1C(=O)NCC1CCCC1CN. The van der Waals surface area contributed by atoms with E-state index in [1.807, 2.05) is 6.92 Å². The van der Waals surface area contributed by atoms with Gasteiger partial charge in [0.05, 0.1) is 0 Å². The first-order chi connectivity index (χ1) is 9.11. The van der Waals surface area contributed by atoms with Crippen molar-refractivity contribution in [1.29, 1.82) is 0 Å². The summed E-state index contributed by atoms with van der Waals surface area (Å²) in [5, 5.41) is 12.3. The fourth-order valence-electron chi connectivity index (χ4n) is 2.91. The maximum absolute atomic E-state index is 12.1. The highest BCUT2D eigenvalue weighted by atomic mass is 16.3. The van der Waals surface area contributed by atoms with Crippen LogP contribution >= 0.6 is 0 Å². The fraction of sp³-hybridized carbons (Fsp3) is 0.533. The largest absolute Gasteiger partial charge is 0.508 e. The van der Waals surface area contributed by atoms with Gasteiger partial charge in [0.1, 0.15) is 5.75 Å². The van der Waals surface area contributed by atoms with Gasteiger partial charge in [-0.1, -0.05) is 6.42 Å². The molecule has 19 heavy (non-hydrogen) atoms. The molecule has 4 heteroatoms. The third-order valence-corrected chi connectivity index (χ3v) is 4.10. The standard InChI is InChI=1S/C15H22N2O2/c1-10-7-13(18)5-6-14(10)15(19)17-9-12-4-2-3-11(12)8-16/h5-7,11-12,18H,2-4,8-9,16H2,1H3,(H,17,19). The van der Waals surface area contributed by atoms with Crippen LogP contribution < -0.4 is 11.1 Å². The van der Waals surface area contributed by atoms with E-state index < -0.39 is 0 Å². The van der Waals surface area contributed by atoms with Gasteiger partial charge in [-0.05, 0) is 61.9 Å². The Hall–Kier alpha value is -1.55. The summed E-state index contributed by atoms with van der Waals surface area (Å²) < 4.78 is 0. The Morgan fingerprint density at radius 1 is 1.42 bits per heavy atom. The molecule has 0 radical (unpaired) electrons. The van der Waals surface area contributed by atoms with Crippen LogP contribution in [0, 0.1) is 18.8 Å². The van der Waals surface area contributed by atoms with Crippen molar-refractivity contribution in [2.24, 2.45) is 17.6 Å². The highest BCUT2D eigenvalue weighted by Crippen LogP contribution is 2.30. The lowest BCUT2D eigenvalue weighted by atomic mass is 9.96. The first-order valence-corrected chi connectivity index (χ1v) is 6.89. The number of aromatic hydroxyl groups is 1. The van der Waals surface area contributed by atoms with Crippen LogP contribution in [0.25, 0.3) is 0 Å². The molecular formula is C15H22N2O2. The molecule has 4 N–H and O–H groups in total. The molecule has 0 bridgehead atoms. The number of phenolic OH excluding ortho intramolecular Hbond substituents is 1. The Labute approximate surface area is 114 Å². The average Bonchev–Trinajstić information content (AvgIpc) is 2.83. The third kappa shape index (κ3) is 3.26. The second kappa shape index (κ2) is 6.06. The van der Waals surface area contributed by atoms with Gasteiger partial charge < -0.3 is 16.2 Å². The van der Waals surface area contributed by atoms with Crippen molar-refractivity contribution in [2.75, 3.05) is 13.1 Å². The molecule has 0 saturated heterocycles. The lowest BCUT2D eigenvalue weighted by Gasteiger charge is -2.18. The Kier molecular flexibility index (Phi) is 4.43. The van der Waals surface area contributed by atoms with Gasteiger partial charge in [-0.15, -0.1) is 0 Å². The van der Waals surface area contributed by atoms with Gasteiger partial charge in [-0.25, -0.2) is 0 Å². The fourth-order valence-corrected chi connectivity index (χ4v) is 2.91. The molecule has 0 heterocycles. The van der Waals surface area contributed by atoms with Crippen LogP contribution in [-0.4, -0.2) is 24.1 Å². The topological polar surface area (TPSA) is 75.3 Å². The molecule has 0 aliphatic heterocycles. The minimum absolute atomic E-state index is 0.0693. The van der Waals surface area contributed by atoms with Crippen molar-refractivity contribution < 1.29 is 9.90 Å². The maximum atomic E-state index is 12.1. The summed E-state index contributed by atoms with van der Waals surface area (Å²) in [4.78, 5) is 12.1. The predicted molar refractivity (Wildman–Crippen MR) is 75.1 cm³/mol. The van der Waals surface area contributed by atoms with E-state index in [-0.39, 0.29) is 11.7 Å². The number of hydrogen-bond acceptors (Lipinski definition) is 3. The van der Waals surface area contributed by atoms with Crippen LogP contribution in [0.2, 0.25) is 0 Å². The summed E-state index contributed by atoms with van der Waals surface area (Å²) >= 11 is 0. The van der Waals surface area contributed by atoms with E-state index in [2.05, 4.69) is 5.32 Å². The van der Waals surface area contributed by atoms with Crippen molar-refractivity contribution in [3.05, 3.63) is 29.3 Å². The molecule has 1 aromatic carbocycles. The minimum atomic E-state index is -0.0693. The van der Waals surface area contributed by atoms with Gasteiger partial charge in [0.2, 0.25) is 0 Å². The molecule has 2 rings (SSSR count). The molecule has 1 amide bonds. The van der Waals surface area contributed by atoms with Gasteiger partial charge in [0.15, 0.2) is 0 Å². The average molecular weight is 262 g/mol. The lowest BCUT2D eigenvalue weighted by molar-refractivity contribution is 0.0943. The minimum Gasteiger partial charge on any atom is -0.508 e. The number of amides is 1. The summed E-state index contributed by atoms with van der Waals surface area (Å²) in [5.41, 5.74) is 7.16. The van der Waals surface area contributed by atoms with Crippen molar-refractivity contribution in [1.82, 2.24) is 5.32 Å². The molecule has 1 aliphatic carbocycles. The van der Waals surface area contributed by atoms with Crippen molar-refractivity contribution in [2.45, 2.75) is 26.2 Å². The smallest absolute Gasteiger partial charge is 0.251 e. The molecule has 1 aliphatic rings. The molecule has 1 aromatic rings. The van der Waals surface area contributed by atoms with Crippen LogP contribution in [0.3, 0.4) is 0 Å². The van der Waals surface area contributed by atoms with E-state index in [0.29, 0.717) is 30.5 Å². The molecule has 104 valence electrons. The van der Waals surface area contributed by atoms with Crippen LogP contribution in [0.4, 0.5) is 0 Å². The molecule has 4 nitrogen and oxygen atoms in total. The van der Waals surface area contributed by atoms with Crippen LogP contribution in [0.15, 0.2) is 18.2 Å². The molecule has 1 fully saturated rings. The Morgan fingerprint density at radius 3 is 2.84 bits per heavy atom. The number of phenols is 1. The normalized spacial score (nSPS) is 22.4. The van der Waals surface area contributed by atoms with Gasteiger partial charge >= 0.3 is 0 Å². The van der Waals surface area contributed by atoms with Crippen molar-refractivity contribution >= 4 is 5.91 Å². The van der Waals surface area contributed by atoms with E-state index in [4.69, 9.17) is 5.73 Å². The van der Waals surface area contributed by atoms with Gasteiger partial charge in [-0.3, -0.25) is 4.79 Å². The zero-order valence-corrected chi connectivity index (χ0v) is 11.4. The van der Waals surface area contributed by atoms with Crippen LogP contribution in [0.1, 0.15) is 35.2 Å². The summed E-state index contributed by atoms with van der Waals surface area (Å²) in [6.45, 7) is 3.23. The van der Waals surface area contributed by atoms with Crippen LogP contribution in [0.5, 0.6) is 5.75 Å². The van der Waals surface area contributed by atoms with E-state index in [1.54, 1.807) is 18.2 Å². The summed E-state index contributed by atoms with van der Waals surface area (Å²) in [6.07, 6.45) is 3.53. The number of carbonyl (C=O) groups is 1. The highest BCUT2D eigenvalue weighted by molar-refractivity contribution is 5.95. The number of hydrogen-bond donors (Lipinski definition) is 3. The summed E-state index contributed by atoms with van der Waals surface area (Å²) in [7, 11) is 0. The number of aryl methyl sites for hydroxylation is 1. The van der Waals surface area contributed by atoms with E-state index in [1.165, 1.54) is 12.8 Å². The maximum Gasteiger partial charge on any atom is 0.251 e. The number of nitrogens with two attached hydrogens (primary N) is 1. The van der Waals surface area contributed by atoms with E-state index in [0.717, 1.165) is 12.0 Å². The second-order valence-corrected chi connectivity index (χ2v) is 5.40. The van der Waals surface area contributed by atoms with E-state index in [9.17, 15) is 9.90 Å². The summed E-state index contributed by atoms with van der Waals surface area (Å²) in [5.74, 6) is 1.17. The quantitative estimate of drug-likeness (QED) is 0.774. The predicted octanol–water partition coefficient (Wildman–Crippen LogP) is 1.81. The molecule has 0 aromatic heterocycles. The number of nitrogens with one attached hydrogen (secondary N) is 1. The van der Waals surface area contributed by atoms with Crippen LogP contribution in [-0.2, 0) is 0 Å². The zero-order chi connectivity index (χ0) is 13.8. The monoisotopic (exact) mass is 262 g/mol. The third-order valence-electron chi connectivity index (χ3n) is 4.10. The molecular weight excluding hydrogens is 240 g/mol. The van der Waals surface area contributed by atoms with Gasteiger partial charge in [-0.2, -0.15) is 0 Å².